The fourth-order valence-corrected chi connectivity index (χ4v) is 4.17. The molecule has 0 aliphatic heterocycles. The van der Waals surface area contributed by atoms with Crippen molar-refractivity contribution in [2.24, 2.45) is 5.41 Å². The van der Waals surface area contributed by atoms with Gasteiger partial charge in [-0.25, -0.2) is 0 Å². The van der Waals surface area contributed by atoms with E-state index >= 15 is 0 Å². The summed E-state index contributed by atoms with van der Waals surface area (Å²) in [4.78, 5) is 15.8. The van der Waals surface area contributed by atoms with Gasteiger partial charge in [0.25, 0.3) is 10.7 Å². The molecule has 6 heteroatoms. The van der Waals surface area contributed by atoms with Gasteiger partial charge in [-0.05, 0) is 56.6 Å². The molecule has 2 aromatic rings. The Bertz CT molecular complexity index is 806. The van der Waals surface area contributed by atoms with Gasteiger partial charge in [0.05, 0.1) is 11.6 Å². The molecule has 2 saturated carbocycles. The summed E-state index contributed by atoms with van der Waals surface area (Å²) in [5.74, 6) is -0.0551. The van der Waals surface area contributed by atoms with Gasteiger partial charge in [0.2, 0.25) is 0 Å². The van der Waals surface area contributed by atoms with Gasteiger partial charge in [-0.3, -0.25) is 4.79 Å². The van der Waals surface area contributed by atoms with E-state index in [9.17, 15) is 4.79 Å². The molecule has 23 heavy (non-hydrogen) atoms. The van der Waals surface area contributed by atoms with Crippen LogP contribution in [0.2, 0.25) is 0 Å². The molecule has 0 bridgehead atoms. The van der Waals surface area contributed by atoms with E-state index in [1.165, 1.54) is 6.42 Å². The molecule has 2 atom stereocenters. The van der Waals surface area contributed by atoms with Crippen LogP contribution in [-0.4, -0.2) is 29.6 Å². The van der Waals surface area contributed by atoms with E-state index < -0.39 is 0 Å². The number of hydrogen-bond acceptors (Lipinski definition) is 4. The number of nitrogens with one attached hydrogen (secondary N) is 2. The first kappa shape index (κ1) is 14.9. The summed E-state index contributed by atoms with van der Waals surface area (Å²) in [7, 11) is 0. The molecule has 2 aliphatic rings. The lowest BCUT2D eigenvalue weighted by Crippen LogP contribution is -2.67. The maximum atomic E-state index is 12.6. The van der Waals surface area contributed by atoms with E-state index in [0.717, 1.165) is 31.4 Å². The van der Waals surface area contributed by atoms with E-state index in [-0.39, 0.29) is 17.4 Å². The fraction of sp³-hybridized carbons (Fsp3) is 0.529. The Morgan fingerprint density at radius 1 is 1.52 bits per heavy atom. The number of hydrogen-bond donors (Lipinski definition) is 2. The number of aromatic amines is 1. The number of oxazole rings is 1. The third-order valence-electron chi connectivity index (χ3n) is 5.43. The Hall–Kier alpha value is -1.66. The fourth-order valence-electron chi connectivity index (χ4n) is 3.97. The van der Waals surface area contributed by atoms with Crippen LogP contribution in [0, 0.1) is 10.3 Å². The van der Waals surface area contributed by atoms with Crippen molar-refractivity contribution >= 4 is 29.2 Å². The lowest BCUT2D eigenvalue weighted by atomic mass is 9.51. The molecule has 2 aliphatic carbocycles. The predicted octanol–water partition coefficient (Wildman–Crippen LogP) is 3.57. The average molecular weight is 332 g/mol. The molecule has 122 valence electrons. The molecule has 4 rings (SSSR count). The molecule has 1 spiro atoms. The van der Waals surface area contributed by atoms with Gasteiger partial charge in [0.1, 0.15) is 0 Å². The minimum Gasteiger partial charge on any atom is -0.429 e. The highest BCUT2D eigenvalue weighted by Crippen LogP contribution is 2.57. The van der Waals surface area contributed by atoms with Crippen LogP contribution in [-0.2, 0) is 4.74 Å². The standard InChI is InChI=1S/C17H20N2O3S/c1-2-21-14-9-13(17(14)6-3-7-17)19-15(20)10-4-5-11-12(8-10)22-16(23)18-11/h4-5,8,13-14H,2-3,6-7,9H2,1H3,(H,18,23)(H,19,20)/t13-,14+/m1/s1. The normalized spacial score (nSPS) is 25.1. The van der Waals surface area contributed by atoms with Crippen LogP contribution in [0.25, 0.3) is 11.1 Å². The average Bonchev–Trinajstić information content (AvgIpc) is 2.83. The van der Waals surface area contributed by atoms with Crippen molar-refractivity contribution in [2.75, 3.05) is 6.61 Å². The lowest BCUT2D eigenvalue weighted by Gasteiger charge is -2.61. The molecular formula is C17H20N2O3S. The summed E-state index contributed by atoms with van der Waals surface area (Å²) in [6, 6.07) is 5.58. The quantitative estimate of drug-likeness (QED) is 0.840. The second-order valence-corrected chi connectivity index (χ2v) is 6.89. The Morgan fingerprint density at radius 2 is 2.35 bits per heavy atom. The molecule has 2 fully saturated rings. The molecule has 1 heterocycles. The second-order valence-electron chi connectivity index (χ2n) is 6.52. The summed E-state index contributed by atoms with van der Waals surface area (Å²) < 4.78 is 11.2. The largest absolute Gasteiger partial charge is 0.429 e. The Morgan fingerprint density at radius 3 is 3.04 bits per heavy atom. The van der Waals surface area contributed by atoms with E-state index in [2.05, 4.69) is 10.3 Å². The number of benzene rings is 1. The summed E-state index contributed by atoms with van der Waals surface area (Å²) in [5.41, 5.74) is 2.19. The van der Waals surface area contributed by atoms with E-state index in [1.54, 1.807) is 12.1 Å². The number of aromatic nitrogens is 1. The highest BCUT2D eigenvalue weighted by atomic mass is 32.1. The number of rotatable bonds is 4. The summed E-state index contributed by atoms with van der Waals surface area (Å²) >= 11 is 4.97. The van der Waals surface area contributed by atoms with Crippen molar-refractivity contribution in [3.8, 4) is 0 Å². The molecule has 0 unspecified atom stereocenters. The maximum Gasteiger partial charge on any atom is 0.266 e. The van der Waals surface area contributed by atoms with Gasteiger partial charge in [0.15, 0.2) is 5.58 Å². The van der Waals surface area contributed by atoms with E-state index in [1.807, 2.05) is 13.0 Å². The van der Waals surface area contributed by atoms with Crippen molar-refractivity contribution in [1.82, 2.24) is 10.3 Å². The maximum absolute atomic E-state index is 12.6. The lowest BCUT2D eigenvalue weighted by molar-refractivity contribution is -0.169. The van der Waals surface area contributed by atoms with E-state index in [4.69, 9.17) is 21.4 Å². The molecule has 5 nitrogen and oxygen atoms in total. The van der Waals surface area contributed by atoms with Crippen molar-refractivity contribution in [3.63, 3.8) is 0 Å². The molecule has 0 radical (unpaired) electrons. The summed E-state index contributed by atoms with van der Waals surface area (Å²) in [5, 5.41) is 3.19. The molecule has 1 amide bonds. The zero-order chi connectivity index (χ0) is 16.0. The van der Waals surface area contributed by atoms with Crippen molar-refractivity contribution in [2.45, 2.75) is 44.8 Å². The number of amides is 1. The minimum atomic E-state index is -0.0551. The Kier molecular flexibility index (Phi) is 3.54. The number of carbonyl (C=O) groups excluding carboxylic acids is 1. The van der Waals surface area contributed by atoms with Crippen molar-refractivity contribution in [1.29, 1.82) is 0 Å². The first-order chi connectivity index (χ1) is 11.1. The number of carbonyl (C=O) groups is 1. The van der Waals surface area contributed by atoms with Gasteiger partial charge in [0, 0.05) is 23.6 Å². The molecular weight excluding hydrogens is 312 g/mol. The highest BCUT2D eigenvalue weighted by Gasteiger charge is 2.59. The third-order valence-corrected chi connectivity index (χ3v) is 5.61. The molecule has 0 saturated heterocycles. The first-order valence-electron chi connectivity index (χ1n) is 8.18. The van der Waals surface area contributed by atoms with Crippen LogP contribution in [0.5, 0.6) is 0 Å². The molecule has 1 aromatic carbocycles. The SMILES string of the molecule is CCO[C@H]1C[C@@H](NC(=O)c2ccc3[nH]c(=S)oc3c2)C12CCC2. The minimum absolute atomic E-state index is 0.0551. The van der Waals surface area contributed by atoms with Crippen LogP contribution in [0.3, 0.4) is 0 Å². The predicted molar refractivity (Wildman–Crippen MR) is 89.0 cm³/mol. The topological polar surface area (TPSA) is 67.3 Å². The van der Waals surface area contributed by atoms with Crippen molar-refractivity contribution in [3.05, 3.63) is 28.6 Å². The monoisotopic (exact) mass is 332 g/mol. The summed E-state index contributed by atoms with van der Waals surface area (Å²) in [6.45, 7) is 2.77. The van der Waals surface area contributed by atoms with Crippen LogP contribution in [0.4, 0.5) is 0 Å². The Labute approximate surface area is 139 Å². The zero-order valence-electron chi connectivity index (χ0n) is 13.1. The van der Waals surface area contributed by atoms with Gasteiger partial charge in [-0.1, -0.05) is 6.42 Å². The molecule has 1 aromatic heterocycles. The van der Waals surface area contributed by atoms with Crippen LogP contribution < -0.4 is 5.32 Å². The number of fused-ring (bicyclic) bond motifs is 1. The number of H-pyrrole nitrogens is 1. The van der Waals surface area contributed by atoms with Crippen LogP contribution >= 0.6 is 12.2 Å². The third kappa shape index (κ3) is 2.32. The van der Waals surface area contributed by atoms with Crippen molar-refractivity contribution < 1.29 is 13.9 Å². The Balaban J connectivity index is 1.50. The van der Waals surface area contributed by atoms with Gasteiger partial charge < -0.3 is 19.5 Å². The molecule has 2 N–H and O–H groups in total. The van der Waals surface area contributed by atoms with Gasteiger partial charge in [-0.2, -0.15) is 0 Å². The summed E-state index contributed by atoms with van der Waals surface area (Å²) in [6.07, 6.45) is 4.73. The zero-order valence-corrected chi connectivity index (χ0v) is 13.9. The highest BCUT2D eigenvalue weighted by molar-refractivity contribution is 7.71. The van der Waals surface area contributed by atoms with Gasteiger partial charge in [-0.15, -0.1) is 0 Å². The van der Waals surface area contributed by atoms with Gasteiger partial charge >= 0.3 is 0 Å². The van der Waals surface area contributed by atoms with Crippen LogP contribution in [0.15, 0.2) is 22.6 Å². The second kappa shape index (κ2) is 5.46. The smallest absolute Gasteiger partial charge is 0.266 e. The van der Waals surface area contributed by atoms with Crippen LogP contribution in [0.1, 0.15) is 43.0 Å². The van der Waals surface area contributed by atoms with E-state index in [0.29, 0.717) is 22.1 Å². The first-order valence-corrected chi connectivity index (χ1v) is 8.58. The number of ether oxygens (including phenoxy) is 1.